The largest absolute Gasteiger partial charge is 0.493 e. The zero-order chi connectivity index (χ0) is 22.3. The third kappa shape index (κ3) is 5.83. The molecule has 3 rings (SSSR count). The molecule has 1 N–H and O–H groups in total. The van der Waals surface area contributed by atoms with Crippen LogP contribution >= 0.6 is 0 Å². The summed E-state index contributed by atoms with van der Waals surface area (Å²) in [6.45, 7) is -0.316. The van der Waals surface area contributed by atoms with Gasteiger partial charge in [0.1, 0.15) is 0 Å². The summed E-state index contributed by atoms with van der Waals surface area (Å²) >= 11 is 0. The quantitative estimate of drug-likeness (QED) is 0.599. The number of hydrogen-bond acceptors (Lipinski definition) is 6. The number of nitrogens with one attached hydrogen (secondary N) is 1. The van der Waals surface area contributed by atoms with Gasteiger partial charge in [-0.1, -0.05) is 30.3 Å². The maximum atomic E-state index is 13.4. The van der Waals surface area contributed by atoms with Gasteiger partial charge in [-0.3, -0.25) is 4.79 Å². The van der Waals surface area contributed by atoms with E-state index in [2.05, 4.69) is 10.5 Å². The summed E-state index contributed by atoms with van der Waals surface area (Å²) < 4.78 is 38.4. The molecule has 1 aliphatic carbocycles. The van der Waals surface area contributed by atoms with E-state index in [9.17, 15) is 13.2 Å². The fourth-order valence-electron chi connectivity index (χ4n) is 3.37. The number of carbonyl (C=O) groups excluding carboxylic acids is 1. The number of sulfonamides is 1. The molecule has 1 saturated carbocycles. The van der Waals surface area contributed by atoms with Crippen LogP contribution in [0.15, 0.2) is 58.5 Å². The van der Waals surface area contributed by atoms with E-state index in [0.717, 1.165) is 41.3 Å². The monoisotopic (exact) mass is 445 g/mol. The number of nitrogens with zero attached hydrogens (tertiary/aromatic N) is 2. The molecule has 0 aromatic heterocycles. The topological polar surface area (TPSA) is 97.3 Å². The summed E-state index contributed by atoms with van der Waals surface area (Å²) in [6, 6.07) is 13.5. The van der Waals surface area contributed by atoms with Crippen LogP contribution in [0.1, 0.15) is 31.2 Å². The summed E-state index contributed by atoms with van der Waals surface area (Å²) in [5, 5.41) is 4.15. The predicted molar refractivity (Wildman–Crippen MR) is 118 cm³/mol. The first-order valence-electron chi connectivity index (χ1n) is 10.0. The first kappa shape index (κ1) is 22.8. The first-order valence-corrected chi connectivity index (χ1v) is 11.5. The molecule has 0 spiro atoms. The van der Waals surface area contributed by atoms with Crippen molar-refractivity contribution in [3.05, 3.63) is 54.1 Å². The lowest BCUT2D eigenvalue weighted by Crippen LogP contribution is -2.39. The van der Waals surface area contributed by atoms with Crippen LogP contribution in [-0.2, 0) is 21.4 Å². The molecule has 1 aliphatic rings. The Bertz CT molecular complexity index is 1030. The van der Waals surface area contributed by atoms with E-state index in [1.807, 2.05) is 30.3 Å². The Morgan fingerprint density at radius 1 is 1.03 bits per heavy atom. The van der Waals surface area contributed by atoms with Gasteiger partial charge in [-0.25, -0.2) is 13.8 Å². The highest BCUT2D eigenvalue weighted by Crippen LogP contribution is 2.31. The number of ether oxygens (including phenoxy) is 2. The number of rotatable bonds is 9. The second-order valence-corrected chi connectivity index (χ2v) is 9.13. The Hall–Kier alpha value is -2.91. The van der Waals surface area contributed by atoms with E-state index in [1.165, 1.54) is 32.4 Å². The highest BCUT2D eigenvalue weighted by atomic mass is 32.2. The number of hydrazone groups is 1. The van der Waals surface area contributed by atoms with Gasteiger partial charge in [0.2, 0.25) is 10.0 Å². The second kappa shape index (κ2) is 10.4. The molecule has 0 radical (unpaired) electrons. The van der Waals surface area contributed by atoms with Gasteiger partial charge in [0.25, 0.3) is 5.91 Å². The number of carbonyl (C=O) groups is 1. The van der Waals surface area contributed by atoms with Crippen LogP contribution in [0.3, 0.4) is 0 Å². The smallest absolute Gasteiger partial charge is 0.255 e. The fourth-order valence-corrected chi connectivity index (χ4v) is 4.77. The number of methoxy groups -OCH3 is 2. The second-order valence-electron chi connectivity index (χ2n) is 7.20. The van der Waals surface area contributed by atoms with Gasteiger partial charge in [0.15, 0.2) is 11.5 Å². The summed E-state index contributed by atoms with van der Waals surface area (Å²) in [5.74, 6) is 0.223. The molecule has 31 heavy (non-hydrogen) atoms. The Balaban J connectivity index is 1.87. The standard InChI is InChI=1S/C22H27N3O5S/c1-29-20-13-12-19(14-21(20)30-2)31(27,28)25(15-17-8-4-3-5-9-17)16-22(26)24-23-18-10-6-7-11-18/h3-5,8-9,12-14H,6-7,10-11,15-16H2,1-2H3,(H,24,26). The van der Waals surface area contributed by atoms with E-state index < -0.39 is 15.9 Å². The first-order chi connectivity index (χ1) is 14.9. The average Bonchev–Trinajstić information content (AvgIpc) is 3.31. The van der Waals surface area contributed by atoms with Crippen molar-refractivity contribution in [3.63, 3.8) is 0 Å². The molecule has 166 valence electrons. The zero-order valence-electron chi connectivity index (χ0n) is 17.7. The minimum absolute atomic E-state index is 0.0102. The van der Waals surface area contributed by atoms with Crippen molar-refractivity contribution in [1.82, 2.24) is 9.73 Å². The molecular formula is C22H27N3O5S. The summed E-state index contributed by atoms with van der Waals surface area (Å²) in [6.07, 6.45) is 3.83. The summed E-state index contributed by atoms with van der Waals surface area (Å²) in [5.41, 5.74) is 4.20. The molecular weight excluding hydrogens is 418 g/mol. The summed E-state index contributed by atoms with van der Waals surface area (Å²) in [7, 11) is -1.09. The summed E-state index contributed by atoms with van der Waals surface area (Å²) in [4.78, 5) is 12.5. The van der Waals surface area contributed by atoms with Crippen LogP contribution in [-0.4, -0.2) is 45.1 Å². The molecule has 0 atom stereocenters. The van der Waals surface area contributed by atoms with Crippen molar-refractivity contribution in [2.45, 2.75) is 37.1 Å². The van der Waals surface area contributed by atoms with E-state index in [-0.39, 0.29) is 18.0 Å². The highest BCUT2D eigenvalue weighted by molar-refractivity contribution is 7.89. The Labute approximate surface area is 182 Å². The molecule has 0 saturated heterocycles. The minimum atomic E-state index is -4.00. The van der Waals surface area contributed by atoms with Gasteiger partial charge < -0.3 is 9.47 Å². The molecule has 0 heterocycles. The molecule has 0 unspecified atom stereocenters. The van der Waals surface area contributed by atoms with Gasteiger partial charge in [0.05, 0.1) is 25.7 Å². The molecule has 0 aliphatic heterocycles. The SMILES string of the molecule is COc1ccc(S(=O)(=O)N(CC(=O)NN=C2CCCC2)Cc2ccccc2)cc1OC. The third-order valence-corrected chi connectivity index (χ3v) is 6.82. The molecule has 8 nitrogen and oxygen atoms in total. The van der Waals surface area contributed by atoms with Crippen molar-refractivity contribution in [3.8, 4) is 11.5 Å². The molecule has 2 aromatic carbocycles. The van der Waals surface area contributed by atoms with Crippen molar-refractivity contribution in [2.75, 3.05) is 20.8 Å². The molecule has 9 heteroatoms. The van der Waals surface area contributed by atoms with Gasteiger partial charge in [-0.15, -0.1) is 0 Å². The maximum absolute atomic E-state index is 13.4. The van der Waals surface area contributed by atoms with Gasteiger partial charge in [0, 0.05) is 18.3 Å². The van der Waals surface area contributed by atoms with Crippen molar-refractivity contribution < 1.29 is 22.7 Å². The lowest BCUT2D eigenvalue weighted by atomic mass is 10.2. The molecule has 0 bridgehead atoms. The van der Waals surface area contributed by atoms with Crippen molar-refractivity contribution in [2.24, 2.45) is 5.10 Å². The van der Waals surface area contributed by atoms with E-state index in [4.69, 9.17) is 9.47 Å². The van der Waals surface area contributed by atoms with Crippen LogP contribution in [0.4, 0.5) is 0 Å². The van der Waals surface area contributed by atoms with Crippen LogP contribution in [0.25, 0.3) is 0 Å². The lowest BCUT2D eigenvalue weighted by molar-refractivity contribution is -0.121. The predicted octanol–water partition coefficient (Wildman–Crippen LogP) is 2.94. The normalized spacial score (nSPS) is 13.8. The third-order valence-electron chi connectivity index (χ3n) is 5.03. The molecule has 2 aromatic rings. The minimum Gasteiger partial charge on any atom is -0.493 e. The van der Waals surface area contributed by atoms with E-state index >= 15 is 0 Å². The van der Waals surface area contributed by atoms with Crippen LogP contribution in [0.2, 0.25) is 0 Å². The zero-order valence-corrected chi connectivity index (χ0v) is 18.5. The molecule has 1 amide bonds. The highest BCUT2D eigenvalue weighted by Gasteiger charge is 2.28. The van der Waals surface area contributed by atoms with Gasteiger partial charge >= 0.3 is 0 Å². The average molecular weight is 446 g/mol. The maximum Gasteiger partial charge on any atom is 0.255 e. The number of amides is 1. The van der Waals surface area contributed by atoms with Crippen LogP contribution in [0, 0.1) is 0 Å². The van der Waals surface area contributed by atoms with Crippen LogP contribution < -0.4 is 14.9 Å². The van der Waals surface area contributed by atoms with Crippen LogP contribution in [0.5, 0.6) is 11.5 Å². The van der Waals surface area contributed by atoms with Gasteiger partial charge in [-0.05, 0) is 43.4 Å². The van der Waals surface area contributed by atoms with E-state index in [1.54, 1.807) is 0 Å². The van der Waals surface area contributed by atoms with E-state index in [0.29, 0.717) is 11.5 Å². The van der Waals surface area contributed by atoms with Crippen molar-refractivity contribution >= 4 is 21.6 Å². The Morgan fingerprint density at radius 3 is 2.35 bits per heavy atom. The fraction of sp³-hybridized carbons (Fsp3) is 0.364. The van der Waals surface area contributed by atoms with Crippen molar-refractivity contribution in [1.29, 1.82) is 0 Å². The molecule has 1 fully saturated rings. The number of hydrogen-bond donors (Lipinski definition) is 1. The lowest BCUT2D eigenvalue weighted by Gasteiger charge is -2.22. The Kier molecular flexibility index (Phi) is 7.64. The number of benzene rings is 2. The van der Waals surface area contributed by atoms with Gasteiger partial charge in [-0.2, -0.15) is 9.41 Å². The Morgan fingerprint density at radius 2 is 1.71 bits per heavy atom.